The number of carbonyl (C=O) groups is 1. The number of benzene rings is 2. The van der Waals surface area contributed by atoms with Crippen LogP contribution < -0.4 is 21.1 Å². The van der Waals surface area contributed by atoms with Crippen LogP contribution >= 0.6 is 11.6 Å². The molecule has 0 aliphatic carbocycles. The number of hydrogen-bond donors (Lipinski definition) is 3. The van der Waals surface area contributed by atoms with E-state index < -0.39 is 15.1 Å². The minimum Gasteiger partial charge on any atom is -0.495 e. The van der Waals surface area contributed by atoms with Gasteiger partial charge in [0.25, 0.3) is 5.91 Å². The lowest BCUT2D eigenvalue weighted by Crippen LogP contribution is -2.52. The highest BCUT2D eigenvalue weighted by molar-refractivity contribution is 7.92. The van der Waals surface area contributed by atoms with E-state index >= 15 is 0 Å². The van der Waals surface area contributed by atoms with Crippen molar-refractivity contribution >= 4 is 56.3 Å². The van der Waals surface area contributed by atoms with Crippen molar-refractivity contribution in [2.24, 2.45) is 0 Å². The summed E-state index contributed by atoms with van der Waals surface area (Å²) in [7, 11) is 0.0836. The number of carbonyl (C=O) groups excluding carboxylic acids is 1. The third-order valence-corrected chi connectivity index (χ3v) is 11.0. The molecule has 2 saturated heterocycles. The number of likely N-dealkylation sites (tertiary alicyclic amines) is 1. The summed E-state index contributed by atoms with van der Waals surface area (Å²) in [5, 5.41) is 5.53. The van der Waals surface area contributed by atoms with Crippen LogP contribution in [0.5, 0.6) is 5.75 Å². The Hall–Kier alpha value is -3.65. The predicted molar refractivity (Wildman–Crippen MR) is 178 cm³/mol. The van der Waals surface area contributed by atoms with Crippen LogP contribution in [-0.2, 0) is 9.84 Å². The molecule has 2 aromatic carbocycles. The summed E-state index contributed by atoms with van der Waals surface area (Å²) < 4.78 is 31.5. The molecule has 2 aliphatic heterocycles. The third kappa shape index (κ3) is 7.27. The number of nitrogen functional groups attached to an aromatic ring is 1. The van der Waals surface area contributed by atoms with E-state index in [4.69, 9.17) is 22.1 Å². The highest BCUT2D eigenvalue weighted by Gasteiger charge is 2.29. The van der Waals surface area contributed by atoms with Crippen LogP contribution in [0.1, 0.15) is 37.0 Å². The van der Waals surface area contributed by atoms with Crippen molar-refractivity contribution in [3.63, 3.8) is 0 Å². The van der Waals surface area contributed by atoms with Gasteiger partial charge in [-0.1, -0.05) is 23.7 Å². The first-order valence-corrected chi connectivity index (χ1v) is 17.0. The second-order valence-corrected chi connectivity index (χ2v) is 14.6. The Labute approximate surface area is 269 Å². The first-order valence-electron chi connectivity index (χ1n) is 15.1. The van der Waals surface area contributed by atoms with Crippen molar-refractivity contribution in [1.29, 1.82) is 0 Å². The average Bonchev–Trinajstić information content (AvgIpc) is 3.04. The van der Waals surface area contributed by atoms with Gasteiger partial charge in [-0.25, -0.2) is 8.42 Å². The summed E-state index contributed by atoms with van der Waals surface area (Å²) in [5.41, 5.74) is 7.46. The number of nitrogens with one attached hydrogen (secondary N) is 2. The number of piperazine rings is 1. The number of para-hydroxylation sites is 1. The van der Waals surface area contributed by atoms with Crippen LogP contribution in [0.3, 0.4) is 0 Å². The quantitative estimate of drug-likeness (QED) is 0.304. The lowest BCUT2D eigenvalue weighted by molar-refractivity contribution is 0.0518. The molecule has 1 aromatic heterocycles. The molecular formula is C31H41ClN8O4S. The van der Waals surface area contributed by atoms with E-state index in [0.717, 1.165) is 39.0 Å². The molecule has 2 aliphatic rings. The van der Waals surface area contributed by atoms with Crippen LogP contribution in [-0.4, -0.2) is 104 Å². The number of aromatic nitrogens is 2. The van der Waals surface area contributed by atoms with E-state index in [9.17, 15) is 13.2 Å². The number of amides is 1. The van der Waals surface area contributed by atoms with Gasteiger partial charge in [-0.05, 0) is 64.1 Å². The summed E-state index contributed by atoms with van der Waals surface area (Å²) in [4.78, 5) is 29.1. The molecule has 0 saturated carbocycles. The first-order chi connectivity index (χ1) is 21.5. The molecule has 0 unspecified atom stereocenters. The van der Waals surface area contributed by atoms with Gasteiger partial charge in [0.05, 0.1) is 28.6 Å². The number of methoxy groups -OCH3 is 1. The Bertz CT molecular complexity index is 1640. The first kappa shape index (κ1) is 32.7. The summed E-state index contributed by atoms with van der Waals surface area (Å²) >= 11 is 6.43. The number of anilines is 5. The topological polar surface area (TPSA) is 146 Å². The standard InChI is InChI=1S/C31H41ClN8O4S/c1-20(2)45(42,43)26-8-6-5-7-24(26)34-29-27(32)28(33)36-31(37-29)35-23-10-9-21(19-25(23)44-4)30(41)40-13-11-22(12-14-40)39-17-15-38(3)16-18-39/h5-10,19-20,22H,11-18H2,1-4H3,(H4,33,34,35,36,37). The fourth-order valence-electron chi connectivity index (χ4n) is 5.65. The number of nitrogens with two attached hydrogens (primary N) is 1. The zero-order valence-electron chi connectivity index (χ0n) is 26.1. The molecule has 45 heavy (non-hydrogen) atoms. The van der Waals surface area contributed by atoms with Crippen LogP contribution in [0.15, 0.2) is 47.4 Å². The van der Waals surface area contributed by atoms with E-state index in [1.807, 2.05) is 4.90 Å². The highest BCUT2D eigenvalue weighted by atomic mass is 35.5. The van der Waals surface area contributed by atoms with E-state index in [0.29, 0.717) is 41.8 Å². The highest BCUT2D eigenvalue weighted by Crippen LogP contribution is 2.35. The van der Waals surface area contributed by atoms with Gasteiger partial charge in [-0.15, -0.1) is 0 Å². The van der Waals surface area contributed by atoms with Gasteiger partial charge in [-0.2, -0.15) is 9.97 Å². The monoisotopic (exact) mass is 656 g/mol. The molecule has 12 nitrogen and oxygen atoms in total. The van der Waals surface area contributed by atoms with E-state index in [-0.39, 0.29) is 33.4 Å². The van der Waals surface area contributed by atoms with Crippen molar-refractivity contribution in [3.05, 3.63) is 53.1 Å². The number of halogens is 1. The summed E-state index contributed by atoms with van der Waals surface area (Å²) in [6.45, 7) is 8.99. The molecule has 14 heteroatoms. The van der Waals surface area contributed by atoms with E-state index in [1.165, 1.54) is 13.2 Å². The summed E-state index contributed by atoms with van der Waals surface area (Å²) in [6.07, 6.45) is 1.93. The molecule has 4 N–H and O–H groups in total. The van der Waals surface area contributed by atoms with Gasteiger partial charge in [0.15, 0.2) is 15.7 Å². The zero-order valence-corrected chi connectivity index (χ0v) is 27.7. The number of likely N-dealkylation sites (N-methyl/N-ethyl adjacent to an activating group) is 1. The van der Waals surface area contributed by atoms with Crippen molar-refractivity contribution in [3.8, 4) is 5.75 Å². The molecule has 1 amide bonds. The van der Waals surface area contributed by atoms with E-state index in [1.54, 1.807) is 50.2 Å². The van der Waals surface area contributed by atoms with Gasteiger partial charge in [0, 0.05) is 50.9 Å². The maximum atomic E-state index is 13.4. The van der Waals surface area contributed by atoms with Gasteiger partial charge in [0.2, 0.25) is 5.95 Å². The molecule has 2 fully saturated rings. The van der Waals surface area contributed by atoms with E-state index in [2.05, 4.69) is 37.4 Å². The minimum atomic E-state index is -3.59. The van der Waals surface area contributed by atoms with Gasteiger partial charge in [-0.3, -0.25) is 9.69 Å². The van der Waals surface area contributed by atoms with Crippen molar-refractivity contribution in [2.75, 3.05) is 69.8 Å². The zero-order chi connectivity index (χ0) is 32.3. The molecule has 3 heterocycles. The molecular weight excluding hydrogens is 616 g/mol. The number of sulfone groups is 1. The molecule has 3 aromatic rings. The number of nitrogens with zero attached hydrogens (tertiary/aromatic N) is 5. The fourth-order valence-corrected chi connectivity index (χ4v) is 6.99. The van der Waals surface area contributed by atoms with Gasteiger partial charge in [0.1, 0.15) is 16.6 Å². The average molecular weight is 657 g/mol. The molecule has 5 rings (SSSR count). The molecule has 0 spiro atoms. The summed E-state index contributed by atoms with van der Waals surface area (Å²) in [5.74, 6) is 0.612. The Morgan fingerprint density at radius 3 is 2.36 bits per heavy atom. The smallest absolute Gasteiger partial charge is 0.253 e. The SMILES string of the molecule is COc1cc(C(=O)N2CCC(N3CCN(C)CC3)CC2)ccc1Nc1nc(N)c(Cl)c(Nc2ccccc2S(=O)(=O)C(C)C)n1. The third-order valence-electron chi connectivity index (χ3n) is 8.45. The second kappa shape index (κ2) is 13.8. The molecule has 0 radical (unpaired) electrons. The second-order valence-electron chi connectivity index (χ2n) is 11.7. The lowest BCUT2D eigenvalue weighted by atomic mass is 10.0. The van der Waals surface area contributed by atoms with Gasteiger partial charge < -0.3 is 30.9 Å². The Kier molecular flexibility index (Phi) is 10.0. The van der Waals surface area contributed by atoms with Crippen molar-refractivity contribution < 1.29 is 17.9 Å². The largest absolute Gasteiger partial charge is 0.495 e. The van der Waals surface area contributed by atoms with Gasteiger partial charge >= 0.3 is 0 Å². The number of rotatable bonds is 9. The lowest BCUT2D eigenvalue weighted by Gasteiger charge is -2.42. The van der Waals surface area contributed by atoms with Crippen LogP contribution in [0.25, 0.3) is 0 Å². The Balaban J connectivity index is 1.30. The number of hydrogen-bond acceptors (Lipinski definition) is 11. The minimum absolute atomic E-state index is 0.00777. The predicted octanol–water partition coefficient (Wildman–Crippen LogP) is 4.24. The Morgan fingerprint density at radius 2 is 1.69 bits per heavy atom. The van der Waals surface area contributed by atoms with Crippen molar-refractivity contribution in [1.82, 2.24) is 24.7 Å². The number of piperidine rings is 1. The molecule has 0 atom stereocenters. The van der Waals surface area contributed by atoms with Crippen LogP contribution in [0.4, 0.5) is 29.0 Å². The summed E-state index contributed by atoms with van der Waals surface area (Å²) in [6, 6.07) is 12.2. The fraction of sp³-hybridized carbons (Fsp3) is 0.452. The molecule has 0 bridgehead atoms. The van der Waals surface area contributed by atoms with Crippen LogP contribution in [0, 0.1) is 0 Å². The van der Waals surface area contributed by atoms with Crippen LogP contribution in [0.2, 0.25) is 5.02 Å². The maximum Gasteiger partial charge on any atom is 0.253 e. The number of ether oxygens (including phenoxy) is 1. The molecule has 242 valence electrons. The normalized spacial score (nSPS) is 17.0. The maximum absolute atomic E-state index is 13.4. The van der Waals surface area contributed by atoms with Crippen molar-refractivity contribution in [2.45, 2.75) is 42.9 Å². The Morgan fingerprint density at radius 1 is 1.00 bits per heavy atom.